The molecule has 0 bridgehead atoms. The van der Waals surface area contributed by atoms with Crippen LogP contribution in [0.1, 0.15) is 0 Å². The minimum absolute atomic E-state index is 0.0480. The molecular weight excluding hydrogens is 224 g/mol. The maximum Gasteiger partial charge on any atom is 0.205 e. The number of nitrogens with zero attached hydrogens (tertiary/aromatic N) is 2. The molecule has 0 aliphatic carbocycles. The van der Waals surface area contributed by atoms with Crippen LogP contribution in [0, 0.1) is 5.41 Å². The van der Waals surface area contributed by atoms with Crippen LogP contribution in [-0.4, -0.2) is 36.1 Å². The second-order valence-electron chi connectivity index (χ2n) is 3.60. The van der Waals surface area contributed by atoms with Gasteiger partial charge in [0.15, 0.2) is 12.2 Å². The van der Waals surface area contributed by atoms with Crippen LogP contribution in [0.4, 0.5) is 0 Å². The molecule has 10 heteroatoms. The molecule has 0 radical (unpaired) electrons. The Morgan fingerprint density at radius 3 is 2.94 bits per heavy atom. The number of aliphatic imine (C=N–C) groups is 1. The first-order valence-electron chi connectivity index (χ1n) is 4.99. The molecule has 2 aliphatic rings. The van der Waals surface area contributed by atoms with Gasteiger partial charge in [0, 0.05) is 6.20 Å². The van der Waals surface area contributed by atoms with E-state index in [0.29, 0.717) is 6.67 Å². The highest BCUT2D eigenvalue weighted by Crippen LogP contribution is 2.12. The third kappa shape index (κ3) is 2.49. The Bertz CT molecular complexity index is 369. The number of nitrogens with one attached hydrogen (secondary N) is 5. The molecule has 10 nitrogen and oxygen atoms in total. The van der Waals surface area contributed by atoms with Crippen LogP contribution in [-0.2, 0) is 0 Å². The minimum atomic E-state index is -0.537. The zero-order valence-electron chi connectivity index (χ0n) is 9.07. The molecule has 0 amide bonds. The molecule has 0 saturated carbocycles. The van der Waals surface area contributed by atoms with Crippen molar-refractivity contribution in [1.82, 2.24) is 26.4 Å². The molecule has 17 heavy (non-hydrogen) atoms. The summed E-state index contributed by atoms with van der Waals surface area (Å²) in [5.74, 6) is -0.260. The third-order valence-electron chi connectivity index (χ3n) is 2.29. The summed E-state index contributed by atoms with van der Waals surface area (Å²) in [5.41, 5.74) is 19.5. The summed E-state index contributed by atoms with van der Waals surface area (Å²) < 4.78 is 0. The van der Waals surface area contributed by atoms with Gasteiger partial charge in [0.05, 0.1) is 12.4 Å². The lowest BCUT2D eigenvalue weighted by Gasteiger charge is -2.35. The molecule has 0 aromatic heterocycles. The summed E-state index contributed by atoms with van der Waals surface area (Å²) in [6.45, 7) is 0.645. The Morgan fingerprint density at radius 1 is 1.53 bits per heavy atom. The number of fused-ring (bicyclic) bond motifs is 1. The second kappa shape index (κ2) is 4.35. The zero-order chi connectivity index (χ0) is 12.4. The Balaban J connectivity index is 2.19. The van der Waals surface area contributed by atoms with Gasteiger partial charge >= 0.3 is 0 Å². The SMILES string of the molecule is N=C(N)NN1C=C2NCNC2NC1N=C(N)N. The van der Waals surface area contributed by atoms with E-state index >= 15 is 0 Å². The maximum absolute atomic E-state index is 7.21. The summed E-state index contributed by atoms with van der Waals surface area (Å²) >= 11 is 0. The summed E-state index contributed by atoms with van der Waals surface area (Å²) in [7, 11) is 0. The molecule has 0 aromatic carbocycles. The fraction of sp³-hybridized carbons (Fsp3) is 0.429. The smallest absolute Gasteiger partial charge is 0.205 e. The Kier molecular flexibility index (Phi) is 2.89. The monoisotopic (exact) mass is 240 g/mol. The molecule has 2 unspecified atom stereocenters. The second-order valence-corrected chi connectivity index (χ2v) is 3.60. The van der Waals surface area contributed by atoms with Gasteiger partial charge in [0.25, 0.3) is 0 Å². The summed E-state index contributed by atoms with van der Waals surface area (Å²) in [6.07, 6.45) is 1.16. The van der Waals surface area contributed by atoms with Crippen LogP contribution in [0.3, 0.4) is 0 Å². The van der Waals surface area contributed by atoms with Crippen LogP contribution in [0.2, 0.25) is 0 Å². The van der Waals surface area contributed by atoms with Crippen molar-refractivity contribution < 1.29 is 0 Å². The van der Waals surface area contributed by atoms with E-state index in [2.05, 4.69) is 26.4 Å². The normalized spacial score (nSPS) is 26.6. The van der Waals surface area contributed by atoms with Crippen LogP contribution in [0.5, 0.6) is 0 Å². The summed E-state index contributed by atoms with van der Waals surface area (Å²) in [5, 5.41) is 18.1. The van der Waals surface area contributed by atoms with E-state index in [9.17, 15) is 0 Å². The van der Waals surface area contributed by atoms with Crippen molar-refractivity contribution in [2.75, 3.05) is 6.67 Å². The van der Waals surface area contributed by atoms with E-state index in [0.717, 1.165) is 5.70 Å². The predicted molar refractivity (Wildman–Crippen MR) is 62.6 cm³/mol. The first kappa shape index (κ1) is 11.3. The summed E-state index contributed by atoms with van der Waals surface area (Å²) in [6, 6.07) is 0. The highest BCUT2D eigenvalue weighted by atomic mass is 15.6. The molecule has 94 valence electrons. The van der Waals surface area contributed by atoms with Crippen molar-refractivity contribution in [3.8, 4) is 0 Å². The van der Waals surface area contributed by atoms with Crippen molar-refractivity contribution >= 4 is 11.9 Å². The highest BCUT2D eigenvalue weighted by molar-refractivity contribution is 5.76. The Labute approximate surface area is 97.8 Å². The van der Waals surface area contributed by atoms with Gasteiger partial charge in [-0.1, -0.05) is 0 Å². The van der Waals surface area contributed by atoms with Gasteiger partial charge in [0.1, 0.15) is 6.17 Å². The lowest BCUT2D eigenvalue weighted by molar-refractivity contribution is 0.172. The number of hydrogen-bond donors (Lipinski definition) is 8. The van der Waals surface area contributed by atoms with Gasteiger partial charge in [-0.05, 0) is 0 Å². The van der Waals surface area contributed by atoms with Crippen LogP contribution in [0.15, 0.2) is 16.9 Å². The number of rotatable bonds is 2. The van der Waals surface area contributed by atoms with Crippen molar-refractivity contribution in [3.63, 3.8) is 0 Å². The van der Waals surface area contributed by atoms with Crippen molar-refractivity contribution in [3.05, 3.63) is 11.9 Å². The van der Waals surface area contributed by atoms with Crippen molar-refractivity contribution in [2.45, 2.75) is 12.5 Å². The van der Waals surface area contributed by atoms with Gasteiger partial charge in [-0.25, -0.2) is 4.99 Å². The van der Waals surface area contributed by atoms with Gasteiger partial charge in [-0.3, -0.25) is 26.5 Å². The molecular formula is C7H16N10. The zero-order valence-corrected chi connectivity index (χ0v) is 9.07. The molecule has 11 N–H and O–H groups in total. The van der Waals surface area contributed by atoms with Crippen molar-refractivity contribution in [1.29, 1.82) is 5.41 Å². The lowest BCUT2D eigenvalue weighted by Crippen LogP contribution is -2.60. The quantitative estimate of drug-likeness (QED) is 0.179. The Morgan fingerprint density at radius 2 is 2.29 bits per heavy atom. The third-order valence-corrected chi connectivity index (χ3v) is 2.29. The molecule has 2 rings (SSSR count). The molecule has 2 heterocycles. The fourth-order valence-corrected chi connectivity index (χ4v) is 1.66. The van der Waals surface area contributed by atoms with Gasteiger partial charge in [-0.15, -0.1) is 0 Å². The van der Waals surface area contributed by atoms with Crippen LogP contribution in [0.25, 0.3) is 0 Å². The molecule has 0 spiro atoms. The first-order chi connectivity index (χ1) is 8.06. The minimum Gasteiger partial charge on any atom is -0.372 e. The largest absolute Gasteiger partial charge is 0.372 e. The maximum atomic E-state index is 7.21. The first-order valence-corrected chi connectivity index (χ1v) is 4.99. The topological polar surface area (TPSA) is 166 Å². The van der Waals surface area contributed by atoms with E-state index in [1.807, 2.05) is 0 Å². The summed E-state index contributed by atoms with van der Waals surface area (Å²) in [4.78, 5) is 3.99. The Hall–Kier alpha value is -2.20. The van der Waals surface area contributed by atoms with E-state index in [-0.39, 0.29) is 18.1 Å². The molecule has 2 atom stereocenters. The molecule has 1 fully saturated rings. The van der Waals surface area contributed by atoms with Gasteiger partial charge in [-0.2, -0.15) is 0 Å². The average molecular weight is 240 g/mol. The number of hydrazine groups is 1. The standard InChI is InChI=1S/C7H16N10/c8-5(9)15-7-14-4-3(12-2-13-4)1-17(7)16-6(10)11/h1,4,7,12-14H,2H2,(H4,8,9,15)(H4,10,11,16). The fourth-order valence-electron chi connectivity index (χ4n) is 1.66. The molecule has 2 aliphatic heterocycles. The van der Waals surface area contributed by atoms with Crippen LogP contribution < -0.4 is 38.6 Å². The number of guanidine groups is 2. The number of hydrogen-bond acceptors (Lipinski definition) is 6. The predicted octanol–water partition coefficient (Wildman–Crippen LogP) is -3.84. The number of nitrogens with two attached hydrogens (primary N) is 3. The lowest BCUT2D eigenvalue weighted by atomic mass is 10.3. The van der Waals surface area contributed by atoms with E-state index in [1.165, 1.54) is 5.01 Å². The van der Waals surface area contributed by atoms with Gasteiger partial charge in [0.2, 0.25) is 5.96 Å². The molecule has 0 aromatic rings. The van der Waals surface area contributed by atoms with E-state index in [4.69, 9.17) is 22.6 Å². The molecule has 1 saturated heterocycles. The van der Waals surface area contributed by atoms with E-state index in [1.54, 1.807) is 6.20 Å². The van der Waals surface area contributed by atoms with Gasteiger partial charge < -0.3 is 22.5 Å². The van der Waals surface area contributed by atoms with Crippen LogP contribution >= 0.6 is 0 Å². The average Bonchev–Trinajstić information content (AvgIpc) is 2.63. The van der Waals surface area contributed by atoms with Crippen molar-refractivity contribution in [2.24, 2.45) is 22.2 Å². The van der Waals surface area contributed by atoms with E-state index < -0.39 is 6.29 Å². The highest BCUT2D eigenvalue weighted by Gasteiger charge is 2.31.